The van der Waals surface area contributed by atoms with Crippen LogP contribution in [0, 0.1) is 0 Å². The van der Waals surface area contributed by atoms with Gasteiger partial charge in [-0.05, 0) is 42.9 Å². The molecule has 1 aliphatic carbocycles. The van der Waals surface area contributed by atoms with Crippen molar-refractivity contribution in [3.05, 3.63) is 34.9 Å². The smallest absolute Gasteiger partial charge is 0.325 e. The number of hydrogen-bond donors (Lipinski definition) is 2. The normalized spacial score (nSPS) is 21.1. The molecule has 1 saturated heterocycles. The van der Waals surface area contributed by atoms with Crippen LogP contribution < -0.4 is 10.6 Å². The maximum absolute atomic E-state index is 12.9. The summed E-state index contributed by atoms with van der Waals surface area (Å²) in [6, 6.07) is 5.23. The number of nitrogens with zero attached hydrogens (tertiary/aromatic N) is 2. The Morgan fingerprint density at radius 2 is 1.93 bits per heavy atom. The molecule has 0 radical (unpaired) electrons. The Balaban J connectivity index is 1.71. The second kappa shape index (κ2) is 7.02. The fraction of sp³-hybridized carbons (Fsp3) is 0.474. The Morgan fingerprint density at radius 1 is 1.22 bits per heavy atom. The standard InChI is InChI=1S/C19H24N4O4/c1-19(14-8-7-12-5-4-6-13(12)9-14)17(26)23(18(27)21-19)11-15(24)20-10-16(25)22(2)3/h7-9H,4-6,10-11H2,1-3H3,(H,20,24)(H,21,27)/t19-/m0/s1. The molecule has 2 N–H and O–H groups in total. The third-order valence-corrected chi connectivity index (χ3v) is 5.19. The number of carbonyl (C=O) groups excluding carboxylic acids is 4. The highest BCUT2D eigenvalue weighted by Gasteiger charge is 2.49. The summed E-state index contributed by atoms with van der Waals surface area (Å²) in [5.41, 5.74) is 2.00. The van der Waals surface area contributed by atoms with Gasteiger partial charge in [0.1, 0.15) is 12.1 Å². The molecular weight excluding hydrogens is 348 g/mol. The number of urea groups is 1. The molecule has 3 rings (SSSR count). The van der Waals surface area contributed by atoms with Crippen LogP contribution >= 0.6 is 0 Å². The summed E-state index contributed by atoms with van der Waals surface area (Å²) >= 11 is 0. The van der Waals surface area contributed by atoms with Gasteiger partial charge in [0.2, 0.25) is 11.8 Å². The highest BCUT2D eigenvalue weighted by atomic mass is 16.2. The fourth-order valence-corrected chi connectivity index (χ4v) is 3.45. The number of amides is 5. The molecule has 0 spiro atoms. The average Bonchev–Trinajstić information content (AvgIpc) is 3.18. The molecule has 0 saturated carbocycles. The van der Waals surface area contributed by atoms with Crippen molar-refractivity contribution >= 4 is 23.8 Å². The van der Waals surface area contributed by atoms with Gasteiger partial charge in [-0.25, -0.2) is 4.79 Å². The second-order valence-corrected chi connectivity index (χ2v) is 7.35. The van der Waals surface area contributed by atoms with Gasteiger partial charge >= 0.3 is 6.03 Å². The van der Waals surface area contributed by atoms with Crippen LogP contribution in [0.2, 0.25) is 0 Å². The minimum absolute atomic E-state index is 0.183. The molecule has 27 heavy (non-hydrogen) atoms. The number of nitrogens with one attached hydrogen (secondary N) is 2. The van der Waals surface area contributed by atoms with Crippen LogP contribution in [-0.4, -0.2) is 60.7 Å². The van der Waals surface area contributed by atoms with Crippen molar-refractivity contribution in [1.29, 1.82) is 0 Å². The van der Waals surface area contributed by atoms with Crippen molar-refractivity contribution < 1.29 is 19.2 Å². The predicted octanol–water partition coefficient (Wildman–Crippen LogP) is 0.147. The number of fused-ring (bicyclic) bond motifs is 1. The third kappa shape index (κ3) is 3.51. The van der Waals surface area contributed by atoms with Crippen molar-refractivity contribution in [3.63, 3.8) is 0 Å². The van der Waals surface area contributed by atoms with Gasteiger partial charge in [-0.1, -0.05) is 18.2 Å². The largest absolute Gasteiger partial charge is 0.347 e. The zero-order valence-corrected chi connectivity index (χ0v) is 15.8. The molecule has 1 aromatic carbocycles. The minimum atomic E-state index is -1.20. The Labute approximate surface area is 157 Å². The molecule has 1 heterocycles. The lowest BCUT2D eigenvalue weighted by Crippen LogP contribution is -2.45. The summed E-state index contributed by atoms with van der Waals surface area (Å²) in [6.07, 6.45) is 3.09. The van der Waals surface area contributed by atoms with Crippen LogP contribution in [0.5, 0.6) is 0 Å². The monoisotopic (exact) mass is 372 g/mol. The van der Waals surface area contributed by atoms with Crippen LogP contribution in [0.1, 0.15) is 30.0 Å². The van der Waals surface area contributed by atoms with E-state index in [0.717, 1.165) is 24.2 Å². The van der Waals surface area contributed by atoms with Crippen LogP contribution in [0.15, 0.2) is 18.2 Å². The molecule has 0 aromatic heterocycles. The molecule has 8 heteroatoms. The van der Waals surface area contributed by atoms with Gasteiger partial charge in [-0.15, -0.1) is 0 Å². The van der Waals surface area contributed by atoms with Gasteiger partial charge in [0, 0.05) is 14.1 Å². The fourth-order valence-electron chi connectivity index (χ4n) is 3.45. The van der Waals surface area contributed by atoms with Gasteiger partial charge in [-0.3, -0.25) is 19.3 Å². The molecule has 5 amide bonds. The van der Waals surface area contributed by atoms with E-state index in [1.54, 1.807) is 21.0 Å². The van der Waals surface area contributed by atoms with E-state index in [9.17, 15) is 19.2 Å². The minimum Gasteiger partial charge on any atom is -0.347 e. The third-order valence-electron chi connectivity index (χ3n) is 5.19. The predicted molar refractivity (Wildman–Crippen MR) is 97.8 cm³/mol. The lowest BCUT2D eigenvalue weighted by Gasteiger charge is -2.23. The average molecular weight is 372 g/mol. The summed E-state index contributed by atoms with van der Waals surface area (Å²) < 4.78 is 0. The highest BCUT2D eigenvalue weighted by molar-refractivity contribution is 6.09. The summed E-state index contributed by atoms with van der Waals surface area (Å²) in [6.45, 7) is 1.04. The van der Waals surface area contributed by atoms with E-state index in [1.165, 1.54) is 16.0 Å². The Hall–Kier alpha value is -2.90. The molecule has 0 bridgehead atoms. The number of carbonyl (C=O) groups is 4. The van der Waals surface area contributed by atoms with Crippen LogP contribution in [0.4, 0.5) is 4.79 Å². The van der Waals surface area contributed by atoms with Crippen LogP contribution in [-0.2, 0) is 32.8 Å². The molecule has 144 valence electrons. The first-order chi connectivity index (χ1) is 12.7. The maximum Gasteiger partial charge on any atom is 0.325 e. The van der Waals surface area contributed by atoms with Gasteiger partial charge in [0.25, 0.3) is 5.91 Å². The van der Waals surface area contributed by atoms with Gasteiger partial charge < -0.3 is 15.5 Å². The zero-order valence-electron chi connectivity index (χ0n) is 15.8. The van der Waals surface area contributed by atoms with E-state index in [4.69, 9.17) is 0 Å². The topological polar surface area (TPSA) is 98.8 Å². The SMILES string of the molecule is CN(C)C(=O)CNC(=O)CN1C(=O)N[C@@](C)(c2ccc3c(c2)CCC3)C1=O. The van der Waals surface area contributed by atoms with Gasteiger partial charge in [0.05, 0.1) is 6.54 Å². The van der Waals surface area contributed by atoms with Crippen molar-refractivity contribution in [3.8, 4) is 0 Å². The van der Waals surface area contributed by atoms with E-state index < -0.39 is 29.9 Å². The maximum atomic E-state index is 12.9. The number of benzene rings is 1. The van der Waals surface area contributed by atoms with Gasteiger partial charge in [0.15, 0.2) is 0 Å². The number of hydrogen-bond acceptors (Lipinski definition) is 4. The first-order valence-electron chi connectivity index (χ1n) is 8.95. The molecule has 8 nitrogen and oxygen atoms in total. The van der Waals surface area contributed by atoms with Gasteiger partial charge in [-0.2, -0.15) is 0 Å². The summed E-state index contributed by atoms with van der Waals surface area (Å²) in [7, 11) is 3.15. The van der Waals surface area contributed by atoms with E-state index >= 15 is 0 Å². The van der Waals surface area contributed by atoms with Crippen LogP contribution in [0.3, 0.4) is 0 Å². The number of likely N-dealkylation sites (N-methyl/N-ethyl adjacent to an activating group) is 1. The second-order valence-electron chi connectivity index (χ2n) is 7.35. The van der Waals surface area contributed by atoms with Crippen molar-refractivity contribution in [1.82, 2.24) is 20.4 Å². The summed E-state index contributed by atoms with van der Waals surface area (Å²) in [5, 5.41) is 5.14. The summed E-state index contributed by atoms with van der Waals surface area (Å²) in [4.78, 5) is 51.1. The number of rotatable bonds is 5. The Bertz CT molecular complexity index is 820. The lowest BCUT2D eigenvalue weighted by molar-refractivity contribution is -0.135. The van der Waals surface area contributed by atoms with Crippen molar-refractivity contribution in [2.45, 2.75) is 31.7 Å². The van der Waals surface area contributed by atoms with Crippen LogP contribution in [0.25, 0.3) is 0 Å². The molecule has 1 aliphatic heterocycles. The first kappa shape index (κ1) is 18.9. The molecule has 1 fully saturated rings. The van der Waals surface area contributed by atoms with E-state index in [-0.39, 0.29) is 12.5 Å². The Morgan fingerprint density at radius 3 is 2.63 bits per heavy atom. The van der Waals surface area contributed by atoms with Crippen molar-refractivity contribution in [2.24, 2.45) is 0 Å². The van der Waals surface area contributed by atoms with E-state index in [2.05, 4.69) is 10.6 Å². The molecule has 1 atom stereocenters. The lowest BCUT2D eigenvalue weighted by atomic mass is 9.89. The molecule has 2 aliphatic rings. The molecule has 0 unspecified atom stereocenters. The Kier molecular flexibility index (Phi) is 4.91. The number of imide groups is 1. The van der Waals surface area contributed by atoms with E-state index in [1.807, 2.05) is 18.2 Å². The van der Waals surface area contributed by atoms with Crippen molar-refractivity contribution in [2.75, 3.05) is 27.2 Å². The first-order valence-corrected chi connectivity index (χ1v) is 8.95. The summed E-state index contributed by atoms with van der Waals surface area (Å²) in [5.74, 6) is -1.31. The molecular formula is C19H24N4O4. The molecule has 1 aromatic rings. The number of aryl methyl sites for hydroxylation is 2. The highest BCUT2D eigenvalue weighted by Crippen LogP contribution is 2.32. The quantitative estimate of drug-likeness (QED) is 0.719. The zero-order chi connectivity index (χ0) is 19.8. The van der Waals surface area contributed by atoms with E-state index in [0.29, 0.717) is 5.56 Å².